The molecule has 2 heterocycles. The van der Waals surface area contributed by atoms with Gasteiger partial charge in [-0.15, -0.1) is 11.3 Å². The summed E-state index contributed by atoms with van der Waals surface area (Å²) in [6, 6.07) is 0. The molecule has 0 aliphatic rings. The van der Waals surface area contributed by atoms with E-state index in [9.17, 15) is 5.11 Å². The lowest BCUT2D eigenvalue weighted by molar-refractivity contribution is 0.199. The zero-order valence-electron chi connectivity index (χ0n) is 7.89. The first-order valence-corrected chi connectivity index (χ1v) is 5.05. The first-order valence-electron chi connectivity index (χ1n) is 4.24. The highest BCUT2D eigenvalue weighted by molar-refractivity contribution is 7.15. The molecule has 2 aromatic rings. The minimum absolute atomic E-state index is 0.520. The van der Waals surface area contributed by atoms with E-state index >= 15 is 0 Å². The third-order valence-electron chi connectivity index (χ3n) is 1.90. The van der Waals surface area contributed by atoms with E-state index in [0.717, 1.165) is 16.2 Å². The van der Waals surface area contributed by atoms with E-state index in [4.69, 9.17) is 4.52 Å². The molecule has 0 fully saturated rings. The number of hydrogen-bond donors (Lipinski definition) is 1. The van der Waals surface area contributed by atoms with Crippen LogP contribution in [0.15, 0.2) is 16.9 Å². The quantitative estimate of drug-likeness (QED) is 0.825. The number of aryl methyl sites for hydroxylation is 1. The smallest absolute Gasteiger partial charge is 0.142 e. The normalized spacial score (nSPS) is 13.1. The van der Waals surface area contributed by atoms with Gasteiger partial charge in [-0.25, -0.2) is 4.98 Å². The second-order valence-corrected chi connectivity index (χ2v) is 4.10. The fraction of sp³-hybridized carbons (Fsp3) is 0.333. The first kappa shape index (κ1) is 9.36. The number of aromatic nitrogens is 2. The first-order chi connectivity index (χ1) is 6.68. The maximum Gasteiger partial charge on any atom is 0.142 e. The van der Waals surface area contributed by atoms with Gasteiger partial charge in [-0.2, -0.15) is 0 Å². The fourth-order valence-electron chi connectivity index (χ4n) is 1.14. The summed E-state index contributed by atoms with van der Waals surface area (Å²) in [5.74, 6) is 0.769. The number of thiazole rings is 1. The van der Waals surface area contributed by atoms with E-state index in [2.05, 4.69) is 10.1 Å². The Bertz CT molecular complexity index is 433. The van der Waals surface area contributed by atoms with Crippen molar-refractivity contribution in [2.24, 2.45) is 0 Å². The molecule has 74 valence electrons. The summed E-state index contributed by atoms with van der Waals surface area (Å²) in [7, 11) is 0. The van der Waals surface area contributed by atoms with Crippen molar-refractivity contribution in [1.82, 2.24) is 10.1 Å². The number of rotatable bonds is 2. The summed E-state index contributed by atoms with van der Waals surface area (Å²) >= 11 is 1.45. The standard InChI is InChI=1S/C9H10N2O2S/c1-5(12)9-10-4-8(14-9)7-3-11-13-6(7)2/h3-5,12H,1-2H3. The Kier molecular flexibility index (Phi) is 2.35. The number of nitrogens with zero attached hydrogens (tertiary/aromatic N) is 2. The highest BCUT2D eigenvalue weighted by Gasteiger charge is 2.12. The van der Waals surface area contributed by atoms with Gasteiger partial charge >= 0.3 is 0 Å². The van der Waals surface area contributed by atoms with Gasteiger partial charge in [0.15, 0.2) is 0 Å². The van der Waals surface area contributed by atoms with Gasteiger partial charge < -0.3 is 9.63 Å². The van der Waals surface area contributed by atoms with E-state index in [0.29, 0.717) is 5.01 Å². The number of aliphatic hydroxyl groups excluding tert-OH is 1. The van der Waals surface area contributed by atoms with Gasteiger partial charge in [-0.1, -0.05) is 5.16 Å². The monoisotopic (exact) mass is 210 g/mol. The summed E-state index contributed by atoms with van der Waals surface area (Å²) in [5.41, 5.74) is 0.939. The highest BCUT2D eigenvalue weighted by atomic mass is 32.1. The van der Waals surface area contributed by atoms with Gasteiger partial charge in [-0.3, -0.25) is 0 Å². The summed E-state index contributed by atoms with van der Waals surface area (Å²) in [6.07, 6.45) is 2.87. The van der Waals surface area contributed by atoms with Gasteiger partial charge in [0.05, 0.1) is 16.6 Å². The molecule has 1 N–H and O–H groups in total. The summed E-state index contributed by atoms with van der Waals surface area (Å²) in [5, 5.41) is 13.7. The minimum atomic E-state index is -0.520. The van der Waals surface area contributed by atoms with Crippen LogP contribution in [0.5, 0.6) is 0 Å². The van der Waals surface area contributed by atoms with Crippen molar-refractivity contribution < 1.29 is 9.63 Å². The van der Waals surface area contributed by atoms with Gasteiger partial charge in [0.1, 0.15) is 16.9 Å². The molecular formula is C9H10N2O2S. The molecule has 14 heavy (non-hydrogen) atoms. The molecule has 1 atom stereocenters. The third-order valence-corrected chi connectivity index (χ3v) is 3.10. The van der Waals surface area contributed by atoms with Gasteiger partial charge in [0, 0.05) is 6.20 Å². The molecule has 0 spiro atoms. The molecular weight excluding hydrogens is 200 g/mol. The topological polar surface area (TPSA) is 59.2 Å². The Hall–Kier alpha value is -1.20. The van der Waals surface area contributed by atoms with E-state index in [1.807, 2.05) is 6.92 Å². The van der Waals surface area contributed by atoms with Crippen molar-refractivity contribution in [1.29, 1.82) is 0 Å². The minimum Gasteiger partial charge on any atom is -0.386 e. The maximum atomic E-state index is 9.31. The Labute approximate surface area is 85.2 Å². The Morgan fingerprint density at radius 3 is 2.79 bits per heavy atom. The maximum absolute atomic E-state index is 9.31. The largest absolute Gasteiger partial charge is 0.386 e. The molecule has 0 radical (unpaired) electrons. The lowest BCUT2D eigenvalue weighted by atomic mass is 10.2. The van der Waals surface area contributed by atoms with Crippen molar-refractivity contribution in [3.05, 3.63) is 23.2 Å². The van der Waals surface area contributed by atoms with Crippen molar-refractivity contribution >= 4 is 11.3 Å². The van der Waals surface area contributed by atoms with Crippen LogP contribution in [0, 0.1) is 6.92 Å². The second kappa shape index (κ2) is 3.51. The average molecular weight is 210 g/mol. The molecule has 5 heteroatoms. The van der Waals surface area contributed by atoms with Crippen LogP contribution >= 0.6 is 11.3 Å². The van der Waals surface area contributed by atoms with Crippen molar-refractivity contribution in [3.63, 3.8) is 0 Å². The summed E-state index contributed by atoms with van der Waals surface area (Å²) in [4.78, 5) is 5.08. The van der Waals surface area contributed by atoms with Crippen LogP contribution in [-0.2, 0) is 0 Å². The zero-order valence-corrected chi connectivity index (χ0v) is 8.71. The van der Waals surface area contributed by atoms with Crippen LogP contribution < -0.4 is 0 Å². The van der Waals surface area contributed by atoms with Gasteiger partial charge in [0.25, 0.3) is 0 Å². The molecule has 0 aliphatic heterocycles. The third kappa shape index (κ3) is 1.56. The summed E-state index contributed by atoms with van der Waals surface area (Å²) < 4.78 is 4.96. The molecule has 0 bridgehead atoms. The Morgan fingerprint density at radius 2 is 2.29 bits per heavy atom. The van der Waals surface area contributed by atoms with Crippen LogP contribution in [0.1, 0.15) is 23.8 Å². The Morgan fingerprint density at radius 1 is 1.50 bits per heavy atom. The highest BCUT2D eigenvalue weighted by Crippen LogP contribution is 2.30. The van der Waals surface area contributed by atoms with Gasteiger partial charge in [-0.05, 0) is 13.8 Å². The predicted octanol–water partition coefficient (Wildman–Crippen LogP) is 2.16. The molecule has 0 aromatic carbocycles. The second-order valence-electron chi connectivity index (χ2n) is 3.03. The average Bonchev–Trinajstić information content (AvgIpc) is 2.71. The zero-order chi connectivity index (χ0) is 10.1. The molecule has 0 aliphatic carbocycles. The molecule has 4 nitrogen and oxygen atoms in total. The number of aliphatic hydroxyl groups is 1. The Balaban J connectivity index is 2.39. The van der Waals surface area contributed by atoms with E-state index < -0.39 is 6.10 Å². The van der Waals surface area contributed by atoms with Crippen molar-refractivity contribution in [2.75, 3.05) is 0 Å². The molecule has 2 aromatic heterocycles. The van der Waals surface area contributed by atoms with Gasteiger partial charge in [0.2, 0.25) is 0 Å². The van der Waals surface area contributed by atoms with E-state index in [-0.39, 0.29) is 0 Å². The van der Waals surface area contributed by atoms with E-state index in [1.54, 1.807) is 19.3 Å². The molecule has 2 rings (SSSR count). The predicted molar refractivity (Wildman–Crippen MR) is 53.0 cm³/mol. The van der Waals surface area contributed by atoms with Crippen LogP contribution in [-0.4, -0.2) is 15.2 Å². The lowest BCUT2D eigenvalue weighted by Crippen LogP contribution is -1.86. The molecule has 0 saturated heterocycles. The van der Waals surface area contributed by atoms with Crippen LogP contribution in [0.2, 0.25) is 0 Å². The van der Waals surface area contributed by atoms with Crippen molar-refractivity contribution in [3.8, 4) is 10.4 Å². The van der Waals surface area contributed by atoms with Crippen LogP contribution in [0.4, 0.5) is 0 Å². The summed E-state index contributed by atoms with van der Waals surface area (Å²) in [6.45, 7) is 3.55. The van der Waals surface area contributed by atoms with Crippen molar-refractivity contribution in [2.45, 2.75) is 20.0 Å². The fourth-order valence-corrected chi connectivity index (χ4v) is 2.05. The molecule has 0 amide bonds. The SMILES string of the molecule is Cc1oncc1-c1cnc(C(C)O)s1. The van der Waals surface area contributed by atoms with Crippen LogP contribution in [0.3, 0.4) is 0 Å². The number of hydrogen-bond acceptors (Lipinski definition) is 5. The van der Waals surface area contributed by atoms with Crippen LogP contribution in [0.25, 0.3) is 10.4 Å². The molecule has 0 saturated carbocycles. The lowest BCUT2D eigenvalue weighted by Gasteiger charge is -1.95. The molecule has 1 unspecified atom stereocenters. The van der Waals surface area contributed by atoms with E-state index in [1.165, 1.54) is 11.3 Å².